The lowest BCUT2D eigenvalue weighted by Crippen LogP contribution is -2.46. The molecular formula is C10H22N2O4S. The van der Waals surface area contributed by atoms with Crippen molar-refractivity contribution in [3.63, 3.8) is 0 Å². The first-order valence-corrected chi connectivity index (χ1v) is 7.11. The van der Waals surface area contributed by atoms with Gasteiger partial charge in [0.2, 0.25) is 0 Å². The van der Waals surface area contributed by atoms with Gasteiger partial charge in [0, 0.05) is 12.6 Å². The zero-order chi connectivity index (χ0) is 13.6. The van der Waals surface area contributed by atoms with Crippen molar-refractivity contribution in [2.75, 3.05) is 6.54 Å². The smallest absolute Gasteiger partial charge is 0.304 e. The number of carbonyl (C=O) groups is 1. The highest BCUT2D eigenvalue weighted by atomic mass is 32.2. The summed E-state index contributed by atoms with van der Waals surface area (Å²) < 4.78 is 28.0. The molecule has 102 valence electrons. The molecule has 6 nitrogen and oxygen atoms in total. The summed E-state index contributed by atoms with van der Waals surface area (Å²) in [6.45, 7) is 7.66. The molecule has 0 aliphatic carbocycles. The number of aliphatic carboxylic acids is 1. The fraction of sp³-hybridized carbons (Fsp3) is 0.900. The molecule has 0 aromatic carbocycles. The van der Waals surface area contributed by atoms with E-state index in [9.17, 15) is 13.2 Å². The van der Waals surface area contributed by atoms with Crippen LogP contribution in [0.1, 0.15) is 34.1 Å². The molecule has 0 amide bonds. The van der Waals surface area contributed by atoms with Gasteiger partial charge in [-0.3, -0.25) is 4.79 Å². The van der Waals surface area contributed by atoms with Crippen molar-refractivity contribution in [2.45, 2.75) is 40.2 Å². The van der Waals surface area contributed by atoms with Gasteiger partial charge in [-0.15, -0.1) is 0 Å². The Bertz CT molecular complexity index is 338. The summed E-state index contributed by atoms with van der Waals surface area (Å²) in [7, 11) is -3.63. The van der Waals surface area contributed by atoms with Crippen molar-refractivity contribution < 1.29 is 18.3 Å². The molecule has 0 radical (unpaired) electrons. The van der Waals surface area contributed by atoms with Gasteiger partial charge in [-0.05, 0) is 11.8 Å². The van der Waals surface area contributed by atoms with E-state index in [0.717, 1.165) is 0 Å². The molecule has 0 rings (SSSR count). The number of hydrogen-bond donors (Lipinski definition) is 3. The lowest BCUT2D eigenvalue weighted by Gasteiger charge is -2.21. The molecule has 17 heavy (non-hydrogen) atoms. The Kier molecular flexibility index (Phi) is 6.66. The fourth-order valence-electron chi connectivity index (χ4n) is 1.12. The lowest BCUT2D eigenvalue weighted by atomic mass is 10.0. The molecule has 7 heteroatoms. The first-order valence-electron chi connectivity index (χ1n) is 5.62. The van der Waals surface area contributed by atoms with Gasteiger partial charge in [0.1, 0.15) is 0 Å². The van der Waals surface area contributed by atoms with E-state index < -0.39 is 22.2 Å². The third-order valence-electron chi connectivity index (χ3n) is 2.19. The summed E-state index contributed by atoms with van der Waals surface area (Å²) in [5.74, 6) is -0.902. The van der Waals surface area contributed by atoms with Crippen molar-refractivity contribution in [1.82, 2.24) is 9.44 Å². The van der Waals surface area contributed by atoms with E-state index in [-0.39, 0.29) is 18.3 Å². The third-order valence-corrected chi connectivity index (χ3v) is 3.35. The average molecular weight is 266 g/mol. The predicted octanol–water partition coefficient (Wildman–Crippen LogP) is 0.566. The first-order chi connectivity index (χ1) is 7.64. The summed E-state index contributed by atoms with van der Waals surface area (Å²) in [4.78, 5) is 10.6. The Morgan fingerprint density at radius 1 is 1.24 bits per heavy atom. The number of carboxylic acids is 1. The van der Waals surface area contributed by atoms with E-state index in [4.69, 9.17) is 5.11 Å². The molecule has 1 unspecified atom stereocenters. The van der Waals surface area contributed by atoms with Gasteiger partial charge in [-0.2, -0.15) is 13.1 Å². The maximum Gasteiger partial charge on any atom is 0.304 e. The Morgan fingerprint density at radius 3 is 2.12 bits per heavy atom. The van der Waals surface area contributed by atoms with Gasteiger partial charge >= 0.3 is 5.97 Å². The van der Waals surface area contributed by atoms with E-state index in [1.807, 2.05) is 13.8 Å². The molecule has 0 aliphatic rings. The Balaban J connectivity index is 4.47. The Hall–Kier alpha value is -0.660. The van der Waals surface area contributed by atoms with Crippen LogP contribution in [0.2, 0.25) is 0 Å². The van der Waals surface area contributed by atoms with Crippen LogP contribution in [0, 0.1) is 11.8 Å². The Labute approximate surface area is 103 Å². The molecule has 0 aromatic rings. The second-order valence-electron chi connectivity index (χ2n) is 4.81. The monoisotopic (exact) mass is 266 g/mol. The second-order valence-corrected chi connectivity index (χ2v) is 6.34. The van der Waals surface area contributed by atoms with E-state index in [1.165, 1.54) is 0 Å². The summed E-state index contributed by atoms with van der Waals surface area (Å²) >= 11 is 0. The van der Waals surface area contributed by atoms with Crippen LogP contribution in [0.15, 0.2) is 0 Å². The quantitative estimate of drug-likeness (QED) is 0.598. The van der Waals surface area contributed by atoms with Gasteiger partial charge in [0.05, 0.1) is 6.42 Å². The van der Waals surface area contributed by atoms with E-state index in [0.29, 0.717) is 6.54 Å². The summed E-state index contributed by atoms with van der Waals surface area (Å²) in [6.07, 6.45) is -0.222. The van der Waals surface area contributed by atoms with Crippen molar-refractivity contribution in [2.24, 2.45) is 11.8 Å². The molecule has 0 saturated carbocycles. The summed E-state index contributed by atoms with van der Waals surface area (Å²) in [5.41, 5.74) is 0. The van der Waals surface area contributed by atoms with Crippen LogP contribution in [-0.4, -0.2) is 32.1 Å². The van der Waals surface area contributed by atoms with Gasteiger partial charge in [-0.1, -0.05) is 27.7 Å². The topological polar surface area (TPSA) is 95.5 Å². The van der Waals surface area contributed by atoms with Crippen LogP contribution >= 0.6 is 0 Å². The molecule has 0 aromatic heterocycles. The minimum atomic E-state index is -3.63. The number of nitrogens with one attached hydrogen (secondary N) is 2. The van der Waals surface area contributed by atoms with Crippen molar-refractivity contribution in [1.29, 1.82) is 0 Å². The van der Waals surface area contributed by atoms with Crippen LogP contribution in [0.5, 0.6) is 0 Å². The number of carboxylic acid groups (broad SMARTS) is 1. The first kappa shape index (κ1) is 16.3. The van der Waals surface area contributed by atoms with Crippen molar-refractivity contribution >= 4 is 16.2 Å². The van der Waals surface area contributed by atoms with E-state index >= 15 is 0 Å². The second kappa shape index (κ2) is 6.93. The zero-order valence-electron chi connectivity index (χ0n) is 10.7. The predicted molar refractivity (Wildman–Crippen MR) is 65.8 cm³/mol. The Morgan fingerprint density at radius 2 is 1.76 bits per heavy atom. The van der Waals surface area contributed by atoms with Gasteiger partial charge in [0.15, 0.2) is 0 Å². The van der Waals surface area contributed by atoms with Gasteiger partial charge in [-0.25, -0.2) is 4.72 Å². The van der Waals surface area contributed by atoms with E-state index in [1.54, 1.807) is 13.8 Å². The molecule has 0 fully saturated rings. The minimum Gasteiger partial charge on any atom is -0.481 e. The molecule has 0 saturated heterocycles. The van der Waals surface area contributed by atoms with Crippen LogP contribution in [0.4, 0.5) is 0 Å². The summed E-state index contributed by atoms with van der Waals surface area (Å²) in [5, 5.41) is 8.69. The highest BCUT2D eigenvalue weighted by Crippen LogP contribution is 2.07. The minimum absolute atomic E-state index is 0.0817. The van der Waals surface area contributed by atoms with Gasteiger partial charge < -0.3 is 5.11 Å². The SMILES string of the molecule is CC(C)CNS(=O)(=O)NC(CC(=O)O)C(C)C. The maximum atomic E-state index is 11.6. The fourth-order valence-corrected chi connectivity index (χ4v) is 2.51. The average Bonchev–Trinajstić information content (AvgIpc) is 2.12. The standard InChI is InChI=1S/C10H22N2O4S/c1-7(2)6-11-17(15,16)12-9(8(3)4)5-10(13)14/h7-9,11-12H,5-6H2,1-4H3,(H,13,14). The number of rotatable bonds is 8. The normalized spacial score (nSPS) is 14.2. The summed E-state index contributed by atoms with van der Waals surface area (Å²) in [6, 6.07) is -0.600. The van der Waals surface area contributed by atoms with Crippen molar-refractivity contribution in [3.05, 3.63) is 0 Å². The molecule has 0 aliphatic heterocycles. The highest BCUT2D eigenvalue weighted by Gasteiger charge is 2.22. The highest BCUT2D eigenvalue weighted by molar-refractivity contribution is 7.87. The molecule has 0 bridgehead atoms. The van der Waals surface area contributed by atoms with Crippen molar-refractivity contribution in [3.8, 4) is 0 Å². The number of hydrogen-bond acceptors (Lipinski definition) is 3. The van der Waals surface area contributed by atoms with E-state index in [2.05, 4.69) is 9.44 Å². The van der Waals surface area contributed by atoms with Gasteiger partial charge in [0.25, 0.3) is 10.2 Å². The van der Waals surface area contributed by atoms with Crippen LogP contribution in [0.3, 0.4) is 0 Å². The molecule has 3 N–H and O–H groups in total. The third kappa shape index (κ3) is 8.12. The zero-order valence-corrected chi connectivity index (χ0v) is 11.5. The molecule has 1 atom stereocenters. The lowest BCUT2D eigenvalue weighted by molar-refractivity contribution is -0.137. The van der Waals surface area contributed by atoms with Crippen LogP contribution in [-0.2, 0) is 15.0 Å². The van der Waals surface area contributed by atoms with Crippen LogP contribution in [0.25, 0.3) is 0 Å². The largest absolute Gasteiger partial charge is 0.481 e. The molecule has 0 heterocycles. The van der Waals surface area contributed by atoms with Crippen LogP contribution < -0.4 is 9.44 Å². The molecular weight excluding hydrogens is 244 g/mol. The maximum absolute atomic E-state index is 11.6. The molecule has 0 spiro atoms.